The van der Waals surface area contributed by atoms with Crippen LogP contribution in [0.5, 0.6) is 0 Å². The van der Waals surface area contributed by atoms with Gasteiger partial charge in [-0.15, -0.1) is 0 Å². The third-order valence-electron chi connectivity index (χ3n) is 6.22. The first-order chi connectivity index (χ1) is 14.4. The molecule has 0 aromatic carbocycles. The third-order valence-corrected chi connectivity index (χ3v) is 6.22. The summed E-state index contributed by atoms with van der Waals surface area (Å²) in [6, 6.07) is 0. The summed E-state index contributed by atoms with van der Waals surface area (Å²) >= 11 is 0. The fourth-order valence-electron chi connectivity index (χ4n) is 4.38. The average molecular weight is 396 g/mol. The van der Waals surface area contributed by atoms with Gasteiger partial charge >= 0.3 is 0 Å². The third kappa shape index (κ3) is 5.68. The van der Waals surface area contributed by atoms with Gasteiger partial charge in [-0.1, -0.05) is 79.2 Å². The van der Waals surface area contributed by atoms with Crippen LogP contribution in [0.15, 0.2) is 112 Å². The Balaban J connectivity index is 1.63. The maximum Gasteiger partial charge on any atom is 0.126 e. The maximum absolute atomic E-state index is 3.35. The van der Waals surface area contributed by atoms with Gasteiger partial charge in [0.05, 0.1) is 5.92 Å². The molecule has 0 saturated carbocycles. The number of rotatable bonds is 5. The normalized spacial score (nSPS) is 25.3. The zero-order valence-electron chi connectivity index (χ0n) is 19.2. The van der Waals surface area contributed by atoms with Crippen molar-refractivity contribution in [3.63, 3.8) is 0 Å². The Morgan fingerprint density at radius 3 is 2.67 bits per heavy atom. The maximum atomic E-state index is 3.35. The first-order valence-corrected chi connectivity index (χ1v) is 11.1. The minimum Gasteiger partial charge on any atom is -0.0696 e. The average Bonchev–Trinajstić information content (AvgIpc) is 2.91. The van der Waals surface area contributed by atoms with Crippen molar-refractivity contribution in [1.82, 2.24) is 0 Å². The minimum atomic E-state index is 0.297. The standard InChI is InChI=1S/C30H35/c1-23(16-18-27-20-19-26-14-7-6-8-15-28(26)27)11-9-12-24(2)17-21-29-25(3)13-10-22-30(29,4)5/h6-9,11-12,15-21,28H,10,13,22H2,1-5H3/q+1/b11-9+,21-17+,23-16+,24-12+,27-18+. The highest BCUT2D eigenvalue weighted by atomic mass is 14.3. The quantitative estimate of drug-likeness (QED) is 0.323. The number of hydrogen-bond acceptors (Lipinski definition) is 0. The van der Waals surface area contributed by atoms with Crippen LogP contribution in [0.1, 0.15) is 53.9 Å². The van der Waals surface area contributed by atoms with Gasteiger partial charge in [0, 0.05) is 18.2 Å². The molecule has 0 spiro atoms. The number of allylic oxidation sites excluding steroid dienone is 20. The van der Waals surface area contributed by atoms with E-state index in [0.717, 1.165) is 0 Å². The zero-order chi connectivity index (χ0) is 21.6. The van der Waals surface area contributed by atoms with E-state index in [-0.39, 0.29) is 0 Å². The molecular weight excluding hydrogens is 360 g/mol. The molecule has 0 fully saturated rings. The van der Waals surface area contributed by atoms with Gasteiger partial charge in [-0.2, -0.15) is 0 Å². The first-order valence-electron chi connectivity index (χ1n) is 11.1. The van der Waals surface area contributed by atoms with Crippen LogP contribution in [-0.4, -0.2) is 0 Å². The van der Waals surface area contributed by atoms with Gasteiger partial charge in [0.2, 0.25) is 0 Å². The van der Waals surface area contributed by atoms with E-state index in [2.05, 4.69) is 108 Å². The van der Waals surface area contributed by atoms with Gasteiger partial charge in [0.15, 0.2) is 0 Å². The van der Waals surface area contributed by atoms with E-state index in [1.165, 1.54) is 47.1 Å². The molecule has 3 rings (SSSR count). The molecule has 0 aromatic heterocycles. The number of fused-ring (bicyclic) bond motifs is 1. The van der Waals surface area contributed by atoms with Crippen molar-refractivity contribution in [2.24, 2.45) is 11.3 Å². The molecule has 0 aliphatic heterocycles. The Hall–Kier alpha value is -2.69. The van der Waals surface area contributed by atoms with Gasteiger partial charge in [0.25, 0.3) is 0 Å². The van der Waals surface area contributed by atoms with Gasteiger partial charge < -0.3 is 0 Å². The summed E-state index contributed by atoms with van der Waals surface area (Å²) in [6.07, 6.45) is 35.4. The molecule has 0 nitrogen and oxygen atoms in total. The van der Waals surface area contributed by atoms with Crippen LogP contribution in [0, 0.1) is 17.4 Å². The van der Waals surface area contributed by atoms with Crippen molar-refractivity contribution in [2.75, 3.05) is 0 Å². The van der Waals surface area contributed by atoms with Crippen LogP contribution in [0.4, 0.5) is 0 Å². The van der Waals surface area contributed by atoms with Crippen LogP contribution in [-0.2, 0) is 0 Å². The van der Waals surface area contributed by atoms with Gasteiger partial charge in [-0.3, -0.25) is 0 Å². The molecule has 154 valence electrons. The lowest BCUT2D eigenvalue weighted by molar-refractivity contribution is 0.377. The molecule has 0 aromatic rings. The highest BCUT2D eigenvalue weighted by Gasteiger charge is 2.26. The van der Waals surface area contributed by atoms with Crippen LogP contribution in [0.3, 0.4) is 0 Å². The van der Waals surface area contributed by atoms with E-state index in [1.54, 1.807) is 5.57 Å². The number of hydrogen-bond donors (Lipinski definition) is 0. The second-order valence-corrected chi connectivity index (χ2v) is 9.27. The lowest BCUT2D eigenvalue weighted by Crippen LogP contribution is -2.19. The predicted molar refractivity (Wildman–Crippen MR) is 132 cm³/mol. The van der Waals surface area contributed by atoms with E-state index >= 15 is 0 Å². The highest BCUT2D eigenvalue weighted by molar-refractivity contribution is 5.50. The van der Waals surface area contributed by atoms with Crippen molar-refractivity contribution in [3.05, 3.63) is 119 Å². The van der Waals surface area contributed by atoms with Crippen molar-refractivity contribution in [1.29, 1.82) is 0 Å². The van der Waals surface area contributed by atoms with E-state index in [4.69, 9.17) is 0 Å². The fraction of sp³-hybridized carbons (Fsp3) is 0.333. The van der Waals surface area contributed by atoms with Crippen molar-refractivity contribution in [2.45, 2.75) is 53.9 Å². The molecule has 1 atom stereocenters. The summed E-state index contributed by atoms with van der Waals surface area (Å²) < 4.78 is 0. The second-order valence-electron chi connectivity index (χ2n) is 9.27. The predicted octanol–water partition coefficient (Wildman–Crippen LogP) is 8.49. The monoisotopic (exact) mass is 395 g/mol. The summed E-state index contributed by atoms with van der Waals surface area (Å²) in [5, 5.41) is 0. The second kappa shape index (κ2) is 9.88. The highest BCUT2D eigenvalue weighted by Crippen LogP contribution is 2.40. The van der Waals surface area contributed by atoms with Crippen LogP contribution in [0.2, 0.25) is 0 Å². The molecule has 0 bridgehead atoms. The van der Waals surface area contributed by atoms with Crippen molar-refractivity contribution < 1.29 is 0 Å². The van der Waals surface area contributed by atoms with Crippen molar-refractivity contribution >= 4 is 0 Å². The Bertz CT molecular complexity index is 956. The summed E-state index contributed by atoms with van der Waals surface area (Å²) in [7, 11) is 0. The van der Waals surface area contributed by atoms with Gasteiger partial charge in [0.1, 0.15) is 11.6 Å². The zero-order valence-corrected chi connectivity index (χ0v) is 19.2. The molecule has 0 radical (unpaired) electrons. The molecule has 0 heterocycles. The molecule has 0 amide bonds. The summed E-state index contributed by atoms with van der Waals surface area (Å²) in [5.41, 5.74) is 8.45. The van der Waals surface area contributed by atoms with Crippen molar-refractivity contribution in [3.8, 4) is 0 Å². The van der Waals surface area contributed by atoms with Crippen LogP contribution < -0.4 is 0 Å². The van der Waals surface area contributed by atoms with Gasteiger partial charge in [-0.25, -0.2) is 0 Å². The molecule has 30 heavy (non-hydrogen) atoms. The molecule has 3 aliphatic carbocycles. The van der Waals surface area contributed by atoms with Gasteiger partial charge in [-0.05, 0) is 68.7 Å². The SMILES string of the molecule is CC1=C(/C=C/C(C)=C/C=C/C(C)=C/C=C2\C=CC3=[C+]C=CC=CC32)C(C)(C)CCC1. The molecular formula is C30H35+. The molecule has 0 heteroatoms. The Labute approximate surface area is 183 Å². The van der Waals surface area contributed by atoms with Crippen LogP contribution in [0.25, 0.3) is 0 Å². The van der Waals surface area contributed by atoms with E-state index < -0.39 is 0 Å². The smallest absolute Gasteiger partial charge is 0.0696 e. The lowest BCUT2D eigenvalue weighted by atomic mass is 9.72. The first kappa shape index (κ1) is 22.0. The van der Waals surface area contributed by atoms with E-state index in [9.17, 15) is 0 Å². The molecule has 1 unspecified atom stereocenters. The Morgan fingerprint density at radius 1 is 1.07 bits per heavy atom. The Kier molecular flexibility index (Phi) is 7.24. The summed E-state index contributed by atoms with van der Waals surface area (Å²) in [4.78, 5) is 0. The van der Waals surface area contributed by atoms with Crippen LogP contribution >= 0.6 is 0 Å². The Morgan fingerprint density at radius 2 is 1.87 bits per heavy atom. The summed E-state index contributed by atoms with van der Waals surface area (Å²) in [5.74, 6) is 0.335. The topological polar surface area (TPSA) is 0 Å². The van der Waals surface area contributed by atoms with E-state index in [0.29, 0.717) is 11.3 Å². The molecule has 0 N–H and O–H groups in total. The molecule has 3 aliphatic rings. The fourth-order valence-corrected chi connectivity index (χ4v) is 4.38. The largest absolute Gasteiger partial charge is 0.126 e. The lowest BCUT2D eigenvalue weighted by Gasteiger charge is -2.32. The molecule has 0 saturated heterocycles. The summed E-state index contributed by atoms with van der Waals surface area (Å²) in [6.45, 7) is 11.4. The minimum absolute atomic E-state index is 0.297. The van der Waals surface area contributed by atoms with E-state index in [1.807, 2.05) is 12.2 Å².